The number of nitrogens with two attached hydrogens (primary N) is 1. The number of nitrogens with one attached hydrogen (secondary N) is 1. The molecule has 0 aliphatic carbocycles. The first-order chi connectivity index (χ1) is 19.7. The van der Waals surface area contributed by atoms with E-state index in [2.05, 4.69) is 15.5 Å². The lowest BCUT2D eigenvalue weighted by atomic mass is 10.0. The molecular formula is C23H21F3N6O7S3. The van der Waals surface area contributed by atoms with Gasteiger partial charge in [-0.15, -0.1) is 34.9 Å². The maximum atomic E-state index is 13.1. The molecule has 0 unspecified atom stereocenters. The van der Waals surface area contributed by atoms with E-state index in [1.165, 1.54) is 60.4 Å². The zero-order valence-corrected chi connectivity index (χ0v) is 23.8. The lowest BCUT2D eigenvalue weighted by Gasteiger charge is -2.50. The number of aliphatic carboxylic acids is 2. The lowest BCUT2D eigenvalue weighted by Crippen LogP contribution is -2.71. The van der Waals surface area contributed by atoms with E-state index in [0.29, 0.717) is 10.5 Å². The highest BCUT2D eigenvalue weighted by atomic mass is 32.2. The number of hydrogen-bond donors (Lipinski definition) is 3. The van der Waals surface area contributed by atoms with Crippen LogP contribution in [0.1, 0.15) is 12.6 Å². The van der Waals surface area contributed by atoms with Gasteiger partial charge in [0.1, 0.15) is 17.1 Å². The summed E-state index contributed by atoms with van der Waals surface area (Å²) in [4.78, 5) is 59.6. The van der Waals surface area contributed by atoms with Crippen LogP contribution in [0.4, 0.5) is 18.3 Å². The number of nitrogens with zero attached hydrogens (tertiary/aromatic N) is 4. The number of carboxylic acid groups (broad SMARTS) is 2. The van der Waals surface area contributed by atoms with Crippen molar-refractivity contribution in [1.29, 1.82) is 0 Å². The van der Waals surface area contributed by atoms with Gasteiger partial charge in [-0.25, -0.2) is 9.78 Å². The van der Waals surface area contributed by atoms with Crippen molar-refractivity contribution in [1.82, 2.24) is 15.2 Å². The van der Waals surface area contributed by atoms with Gasteiger partial charge >= 0.3 is 12.1 Å². The first-order valence-corrected chi connectivity index (χ1v) is 14.7. The van der Waals surface area contributed by atoms with E-state index >= 15 is 0 Å². The summed E-state index contributed by atoms with van der Waals surface area (Å²) in [5.41, 5.74) is 5.19. The van der Waals surface area contributed by atoms with Crippen molar-refractivity contribution in [3.8, 4) is 0 Å². The minimum atomic E-state index is -4.37. The van der Waals surface area contributed by atoms with E-state index in [1.54, 1.807) is 0 Å². The summed E-state index contributed by atoms with van der Waals surface area (Å²) in [7, 11) is 0. The number of oxime groups is 1. The standard InChI is InChI=1S/C23H21F3N6O7S3/c1-10(20(35)36)39-30-14(13-8-42-22(27)28-13)17(33)29-15-18(34)32-16(21(37)38)11(7-41-19(15)32)6-40-12-2-4-31(5-3-12)9-23(24,25)26/h2-5,8,10,15,19H,6-7,9H2,1H3,(H4-,27,28,29,33,35,36,37,38)/b30-14-/t10-,15+,19+/m0/s1. The Hall–Kier alpha value is -3.84. The van der Waals surface area contributed by atoms with Crippen molar-refractivity contribution in [2.75, 3.05) is 17.2 Å². The summed E-state index contributed by atoms with van der Waals surface area (Å²) in [5.74, 6) is -4.31. The van der Waals surface area contributed by atoms with Crippen molar-refractivity contribution in [2.45, 2.75) is 42.1 Å². The molecule has 0 radical (unpaired) electrons. The molecule has 0 aromatic carbocycles. The quantitative estimate of drug-likeness (QED) is 0.0977. The average molecular weight is 647 g/mol. The molecule has 2 amide bonds. The van der Waals surface area contributed by atoms with Crippen molar-refractivity contribution in [3.05, 3.63) is 46.9 Å². The Kier molecular flexibility index (Phi) is 9.31. The fourth-order valence-electron chi connectivity index (χ4n) is 3.79. The maximum absolute atomic E-state index is 13.1. The number of aromatic nitrogens is 2. The Bertz CT molecular complexity index is 1460. The summed E-state index contributed by atoms with van der Waals surface area (Å²) in [6.07, 6.45) is -3.26. The number of pyridine rings is 1. The molecule has 0 saturated carbocycles. The van der Waals surface area contributed by atoms with E-state index in [0.717, 1.165) is 20.8 Å². The molecule has 42 heavy (non-hydrogen) atoms. The van der Waals surface area contributed by atoms with Crippen molar-refractivity contribution < 1.29 is 52.0 Å². The molecule has 2 aliphatic rings. The highest BCUT2D eigenvalue weighted by molar-refractivity contribution is 8.01. The van der Waals surface area contributed by atoms with E-state index in [4.69, 9.17) is 15.7 Å². The minimum Gasteiger partial charge on any atom is -0.543 e. The lowest BCUT2D eigenvalue weighted by molar-refractivity contribution is -0.719. The third-order valence-electron chi connectivity index (χ3n) is 5.79. The number of carbonyl (C=O) groups is 4. The van der Waals surface area contributed by atoms with Crippen LogP contribution in [-0.4, -0.2) is 79.7 Å². The Morgan fingerprint density at radius 2 is 2.07 bits per heavy atom. The predicted octanol–water partition coefficient (Wildman–Crippen LogP) is -0.0349. The number of alkyl halides is 3. The molecule has 4 N–H and O–H groups in total. The van der Waals surface area contributed by atoms with Crippen LogP contribution in [0, 0.1) is 0 Å². The van der Waals surface area contributed by atoms with Gasteiger partial charge in [0.25, 0.3) is 11.8 Å². The van der Waals surface area contributed by atoms with E-state index in [9.17, 15) is 37.5 Å². The summed E-state index contributed by atoms with van der Waals surface area (Å²) in [6, 6.07) is 1.78. The van der Waals surface area contributed by atoms with E-state index in [1.807, 2.05) is 0 Å². The molecule has 0 bridgehead atoms. The third-order valence-corrected chi connectivity index (χ3v) is 8.90. The molecule has 224 valence electrons. The third kappa shape index (κ3) is 7.13. The Labute approximate surface area is 247 Å². The molecule has 3 atom stereocenters. The molecule has 19 heteroatoms. The van der Waals surface area contributed by atoms with Gasteiger partial charge in [-0.2, -0.15) is 17.7 Å². The van der Waals surface area contributed by atoms with Gasteiger partial charge in [-0.05, 0) is 12.5 Å². The molecule has 2 aliphatic heterocycles. The number of nitrogen functional groups attached to an aromatic ring is 1. The number of thiazole rings is 1. The molecule has 2 aromatic heterocycles. The van der Waals surface area contributed by atoms with E-state index < -0.39 is 59.7 Å². The number of thioether (sulfide) groups is 2. The molecule has 13 nitrogen and oxygen atoms in total. The van der Waals surface area contributed by atoms with Gasteiger partial charge in [0.2, 0.25) is 12.6 Å². The second-order valence-corrected chi connectivity index (χ2v) is 11.9. The zero-order valence-electron chi connectivity index (χ0n) is 21.4. The van der Waals surface area contributed by atoms with Crippen LogP contribution in [0.2, 0.25) is 0 Å². The molecule has 4 rings (SSSR count). The fourth-order valence-corrected chi connectivity index (χ4v) is 6.71. The molecule has 2 aromatic rings. The number of rotatable bonds is 11. The maximum Gasteiger partial charge on any atom is 0.448 e. The molecular weight excluding hydrogens is 625 g/mol. The second kappa shape index (κ2) is 12.6. The summed E-state index contributed by atoms with van der Waals surface area (Å²) in [6.45, 7) is 0.0404. The van der Waals surface area contributed by atoms with Crippen LogP contribution in [0.15, 0.2) is 51.2 Å². The van der Waals surface area contributed by atoms with Crippen LogP contribution in [0.25, 0.3) is 0 Å². The van der Waals surface area contributed by atoms with Gasteiger partial charge in [-0.1, -0.05) is 5.16 Å². The Morgan fingerprint density at radius 3 is 2.64 bits per heavy atom. The van der Waals surface area contributed by atoms with Crippen LogP contribution < -0.4 is 20.7 Å². The number of hydrogen-bond acceptors (Lipinski definition) is 12. The molecule has 1 saturated heterocycles. The van der Waals surface area contributed by atoms with Crippen molar-refractivity contribution in [3.63, 3.8) is 0 Å². The van der Waals surface area contributed by atoms with Crippen LogP contribution in [0.5, 0.6) is 0 Å². The van der Waals surface area contributed by atoms with Crippen molar-refractivity contribution in [2.24, 2.45) is 5.16 Å². The van der Waals surface area contributed by atoms with Crippen LogP contribution >= 0.6 is 34.9 Å². The summed E-state index contributed by atoms with van der Waals surface area (Å²) in [5, 5.41) is 27.8. The monoisotopic (exact) mass is 646 g/mol. The van der Waals surface area contributed by atoms with Gasteiger partial charge in [0, 0.05) is 33.9 Å². The first-order valence-electron chi connectivity index (χ1n) is 11.8. The first kappa shape index (κ1) is 31.1. The van der Waals surface area contributed by atoms with Crippen LogP contribution in [-0.2, 0) is 30.6 Å². The molecule has 4 heterocycles. The number of fused-ring (bicyclic) bond motifs is 1. The number of β-lactam (4-membered cyclic amide) rings is 1. The summed E-state index contributed by atoms with van der Waals surface area (Å²) < 4.78 is 38.7. The van der Waals surface area contributed by atoms with Crippen molar-refractivity contribution >= 4 is 69.5 Å². The van der Waals surface area contributed by atoms with Gasteiger partial charge in [0.15, 0.2) is 23.2 Å². The molecule has 1 fully saturated rings. The topological polar surface area (TPSA) is 191 Å². The van der Waals surface area contributed by atoms with Crippen LogP contribution in [0.3, 0.4) is 0 Å². The number of amides is 2. The van der Waals surface area contributed by atoms with Gasteiger partial charge in [0.05, 0.1) is 11.7 Å². The van der Waals surface area contributed by atoms with E-state index in [-0.39, 0.29) is 28.0 Å². The SMILES string of the molecule is C[C@H](O/N=C(\C(=O)N[C@@H]1C(=O)N2C(C(=O)[O-])=C(CSc3cc[n+](CC(F)(F)F)cc3)CS[C@H]12)c1csc(N)n1)C(=O)O. The van der Waals surface area contributed by atoms with Gasteiger partial charge in [-0.3, -0.25) is 14.5 Å². The molecule has 0 spiro atoms. The Balaban J connectivity index is 1.46. The zero-order chi connectivity index (χ0) is 30.8. The average Bonchev–Trinajstić information content (AvgIpc) is 3.35. The highest BCUT2D eigenvalue weighted by Crippen LogP contribution is 2.41. The number of carbonyl (C=O) groups excluding carboxylic acids is 3. The number of halogens is 3. The predicted molar refractivity (Wildman–Crippen MR) is 142 cm³/mol. The number of carboxylic acids is 2. The smallest absolute Gasteiger partial charge is 0.448 e. The largest absolute Gasteiger partial charge is 0.543 e. The Morgan fingerprint density at radius 1 is 1.38 bits per heavy atom. The second-order valence-electron chi connectivity index (χ2n) is 8.81. The minimum absolute atomic E-state index is 0.0213. The summed E-state index contributed by atoms with van der Waals surface area (Å²) >= 11 is 3.35. The van der Waals surface area contributed by atoms with Gasteiger partial charge < -0.3 is 30.9 Å². The number of anilines is 1. The fraction of sp³-hybridized carbons (Fsp3) is 0.348. The highest BCUT2D eigenvalue weighted by Gasteiger charge is 2.53. The normalized spacial score (nSPS) is 19.6.